The highest BCUT2D eigenvalue weighted by Gasteiger charge is 2.17. The van der Waals surface area contributed by atoms with E-state index in [0.29, 0.717) is 0 Å². The summed E-state index contributed by atoms with van der Waals surface area (Å²) in [6, 6.07) is 85.8. The molecule has 63 heavy (non-hydrogen) atoms. The first-order valence-electron chi connectivity index (χ1n) is 21.5. The molecule has 12 rings (SSSR count). The minimum Gasteiger partial charge on any atom is -0.309 e. The van der Waals surface area contributed by atoms with Crippen molar-refractivity contribution in [3.05, 3.63) is 237 Å². The second kappa shape index (κ2) is 15.3. The van der Waals surface area contributed by atoms with Crippen molar-refractivity contribution >= 4 is 56.2 Å². The van der Waals surface area contributed by atoms with E-state index in [4.69, 9.17) is 12.6 Å². The van der Waals surface area contributed by atoms with Crippen molar-refractivity contribution in [3.8, 4) is 67.0 Å². The smallest absolute Gasteiger partial charge is 0.0541 e. The van der Waals surface area contributed by atoms with Crippen LogP contribution in [0.1, 0.15) is 0 Å². The van der Waals surface area contributed by atoms with Crippen LogP contribution in [-0.2, 0) is 0 Å². The predicted molar refractivity (Wildman–Crippen MR) is 270 cm³/mol. The highest BCUT2D eigenvalue weighted by molar-refractivity contribution is 7.80. The largest absolute Gasteiger partial charge is 0.309 e. The summed E-state index contributed by atoms with van der Waals surface area (Å²) in [5.41, 5.74) is 19.0. The van der Waals surface area contributed by atoms with Gasteiger partial charge in [-0.2, -0.15) is 0 Å². The molecule has 0 bridgehead atoms. The summed E-state index contributed by atoms with van der Waals surface area (Å²) in [7, 11) is 0. The van der Waals surface area contributed by atoms with Crippen LogP contribution in [0, 0.1) is 0 Å². The van der Waals surface area contributed by atoms with Crippen molar-refractivity contribution in [1.29, 1.82) is 0 Å². The van der Waals surface area contributed by atoms with Crippen molar-refractivity contribution in [1.82, 2.24) is 9.13 Å². The van der Waals surface area contributed by atoms with Crippen molar-refractivity contribution in [3.63, 3.8) is 0 Å². The van der Waals surface area contributed by atoms with Gasteiger partial charge in [0.05, 0.1) is 22.1 Å². The van der Waals surface area contributed by atoms with Gasteiger partial charge in [0.2, 0.25) is 0 Å². The Labute approximate surface area is 372 Å². The molecule has 0 N–H and O–H groups in total. The van der Waals surface area contributed by atoms with Gasteiger partial charge in [0.15, 0.2) is 0 Å². The Kier molecular flexibility index (Phi) is 8.95. The molecule has 0 atom stereocenters. The normalized spacial score (nSPS) is 11.6. The second-order valence-electron chi connectivity index (χ2n) is 16.3. The highest BCUT2D eigenvalue weighted by atomic mass is 32.1. The molecule has 0 unspecified atom stereocenters. The lowest BCUT2D eigenvalue weighted by atomic mass is 9.99. The van der Waals surface area contributed by atoms with Gasteiger partial charge in [-0.15, -0.1) is 12.6 Å². The number of benzene rings is 10. The van der Waals surface area contributed by atoms with Crippen molar-refractivity contribution in [2.75, 3.05) is 0 Å². The van der Waals surface area contributed by atoms with Gasteiger partial charge < -0.3 is 9.13 Å². The van der Waals surface area contributed by atoms with Crippen LogP contribution in [0.15, 0.2) is 241 Å². The summed E-state index contributed by atoms with van der Waals surface area (Å²) < 4.78 is 4.80. The minimum absolute atomic E-state index is 0.979. The van der Waals surface area contributed by atoms with Crippen molar-refractivity contribution in [2.24, 2.45) is 0 Å². The van der Waals surface area contributed by atoms with Gasteiger partial charge in [0.25, 0.3) is 0 Å². The zero-order valence-corrected chi connectivity index (χ0v) is 35.3. The number of nitrogens with zero attached hydrogens (tertiary/aromatic N) is 2. The molecular weight excluding hydrogens is 781 g/mol. The van der Waals surface area contributed by atoms with Crippen LogP contribution >= 0.6 is 12.6 Å². The number of aromatic nitrogens is 2. The molecule has 2 nitrogen and oxygen atoms in total. The highest BCUT2D eigenvalue weighted by Crippen LogP contribution is 2.39. The molecule has 0 aliphatic heterocycles. The fourth-order valence-electron chi connectivity index (χ4n) is 9.56. The third-order valence-corrected chi connectivity index (χ3v) is 13.0. The average molecular weight is 821 g/mol. The van der Waals surface area contributed by atoms with Crippen LogP contribution in [0.25, 0.3) is 111 Å². The molecule has 3 heteroatoms. The zero-order chi connectivity index (χ0) is 41.9. The topological polar surface area (TPSA) is 9.86 Å². The van der Waals surface area contributed by atoms with Gasteiger partial charge in [-0.05, 0) is 134 Å². The zero-order valence-electron chi connectivity index (χ0n) is 34.4. The minimum atomic E-state index is 0.979. The predicted octanol–water partition coefficient (Wildman–Crippen LogP) is 16.5. The molecule has 0 aliphatic carbocycles. The summed E-state index contributed by atoms with van der Waals surface area (Å²) in [5.74, 6) is 0. The first-order valence-corrected chi connectivity index (χ1v) is 21.9. The van der Waals surface area contributed by atoms with Crippen molar-refractivity contribution in [2.45, 2.75) is 4.90 Å². The van der Waals surface area contributed by atoms with E-state index in [0.717, 1.165) is 27.4 Å². The van der Waals surface area contributed by atoms with E-state index < -0.39 is 0 Å². The van der Waals surface area contributed by atoms with E-state index in [2.05, 4.69) is 234 Å². The van der Waals surface area contributed by atoms with E-state index in [1.54, 1.807) is 0 Å². The molecule has 2 heterocycles. The molecule has 2 aromatic heterocycles. The van der Waals surface area contributed by atoms with E-state index in [9.17, 15) is 0 Å². The molecule has 0 fully saturated rings. The van der Waals surface area contributed by atoms with Crippen LogP contribution in [0.3, 0.4) is 0 Å². The SMILES string of the molecule is Sc1ccccc1-c1cccc(-c2ccc(-n3c4ccccc4c4cc(-c5ccc6c(c5)c5ccccc5n6-c5ccc(-c6cccc(-c7ccccc7)c6)cc5)ccc43)cc2)c1. The standard InChI is InChI=1S/C60H40N2S/c63-60-23-9-6-18-51(60)48-17-11-16-45(37-48)42-26-32-50(33-27-42)62-57-22-8-5-20-53(57)55-39-47(29-35-59(55)62)46-28-34-58-54(38-46)52-19-4-7-21-56(52)61(58)49-30-24-41(25-31-49)44-15-10-14-43(36-44)40-12-2-1-3-13-40/h1-39,63H. The first kappa shape index (κ1) is 37.0. The summed E-state index contributed by atoms with van der Waals surface area (Å²) >= 11 is 4.72. The third-order valence-electron chi connectivity index (χ3n) is 12.6. The number of hydrogen-bond donors (Lipinski definition) is 1. The quantitative estimate of drug-likeness (QED) is 0.154. The Morgan fingerprint density at radius 1 is 0.238 bits per heavy atom. The molecule has 296 valence electrons. The molecule has 10 aromatic carbocycles. The maximum Gasteiger partial charge on any atom is 0.0541 e. The van der Waals surface area contributed by atoms with E-state index >= 15 is 0 Å². The second-order valence-corrected chi connectivity index (χ2v) is 16.8. The molecule has 0 radical (unpaired) electrons. The molecule has 0 saturated carbocycles. The van der Waals surface area contributed by atoms with E-state index in [-0.39, 0.29) is 0 Å². The number of para-hydroxylation sites is 2. The summed E-state index contributed by atoms with van der Waals surface area (Å²) in [6.45, 7) is 0. The van der Waals surface area contributed by atoms with Crippen LogP contribution in [-0.4, -0.2) is 9.13 Å². The van der Waals surface area contributed by atoms with E-state index in [1.807, 2.05) is 12.1 Å². The summed E-state index contributed by atoms with van der Waals surface area (Å²) in [4.78, 5) is 0.979. The number of fused-ring (bicyclic) bond motifs is 6. The van der Waals surface area contributed by atoms with Gasteiger partial charge in [0.1, 0.15) is 0 Å². The van der Waals surface area contributed by atoms with Gasteiger partial charge in [0, 0.05) is 37.8 Å². The Hall–Kier alpha value is -7.85. The maximum atomic E-state index is 4.72. The van der Waals surface area contributed by atoms with Crippen LogP contribution in [0.2, 0.25) is 0 Å². The Balaban J connectivity index is 0.896. The Bertz CT molecular complexity index is 3670. The average Bonchev–Trinajstić information content (AvgIpc) is 3.87. The lowest BCUT2D eigenvalue weighted by Gasteiger charge is -2.11. The monoisotopic (exact) mass is 820 g/mol. The third kappa shape index (κ3) is 6.45. The summed E-state index contributed by atoms with van der Waals surface area (Å²) in [5, 5.41) is 4.96. The number of thiol groups is 1. The lowest BCUT2D eigenvalue weighted by molar-refractivity contribution is 1.18. The Morgan fingerprint density at radius 2 is 0.603 bits per heavy atom. The van der Waals surface area contributed by atoms with Gasteiger partial charge in [-0.3, -0.25) is 0 Å². The van der Waals surface area contributed by atoms with Crippen LogP contribution in [0.5, 0.6) is 0 Å². The molecule has 0 spiro atoms. The van der Waals surface area contributed by atoms with E-state index in [1.165, 1.54) is 88.1 Å². The fourth-order valence-corrected chi connectivity index (χ4v) is 9.85. The molecule has 0 aliphatic rings. The first-order chi connectivity index (χ1) is 31.1. The van der Waals surface area contributed by atoms with Crippen molar-refractivity contribution < 1.29 is 0 Å². The Morgan fingerprint density at radius 3 is 1.13 bits per heavy atom. The molecular formula is C60H40N2S. The fraction of sp³-hybridized carbons (Fsp3) is 0. The van der Waals surface area contributed by atoms with Gasteiger partial charge in [-0.1, -0.05) is 158 Å². The molecule has 12 aromatic rings. The van der Waals surface area contributed by atoms with Gasteiger partial charge in [-0.25, -0.2) is 0 Å². The molecule has 0 saturated heterocycles. The number of hydrogen-bond acceptors (Lipinski definition) is 1. The molecule has 0 amide bonds. The number of rotatable bonds is 7. The lowest BCUT2D eigenvalue weighted by Crippen LogP contribution is -1.94. The maximum absolute atomic E-state index is 4.72. The van der Waals surface area contributed by atoms with Crippen LogP contribution in [0.4, 0.5) is 0 Å². The van der Waals surface area contributed by atoms with Crippen LogP contribution < -0.4 is 0 Å². The summed E-state index contributed by atoms with van der Waals surface area (Å²) in [6.07, 6.45) is 0. The van der Waals surface area contributed by atoms with Gasteiger partial charge >= 0.3 is 0 Å².